The Kier molecular flexibility index (Phi) is 10.2. The Balaban J connectivity index is 1.44. The highest BCUT2D eigenvalue weighted by atomic mass is 32.1. The SMILES string of the molecule is CC(C)[C@@H]1NC(=O)c2csc(n2)[C@H](Cc2ccccc2)NC(=O)CN(Cc2ccccn2)CCCNC(=O)c2csc1n2. The second kappa shape index (κ2) is 14.5. The lowest BCUT2D eigenvalue weighted by molar-refractivity contribution is -0.123. The molecule has 5 rings (SSSR count). The quantitative estimate of drug-likeness (QED) is 0.307. The van der Waals surface area contributed by atoms with Crippen LogP contribution in [0.1, 0.15) is 74.6 Å². The summed E-state index contributed by atoms with van der Waals surface area (Å²) in [5, 5.41) is 13.9. The van der Waals surface area contributed by atoms with Crippen LogP contribution < -0.4 is 16.0 Å². The minimum atomic E-state index is -0.415. The lowest BCUT2D eigenvalue weighted by Gasteiger charge is -2.23. The smallest absolute Gasteiger partial charge is 0.271 e. The van der Waals surface area contributed by atoms with Gasteiger partial charge in [0.1, 0.15) is 21.4 Å². The van der Waals surface area contributed by atoms with Gasteiger partial charge in [0.15, 0.2) is 0 Å². The van der Waals surface area contributed by atoms with Gasteiger partial charge in [-0.25, -0.2) is 9.97 Å². The topological polar surface area (TPSA) is 129 Å². The summed E-state index contributed by atoms with van der Waals surface area (Å²) in [6.07, 6.45) is 2.90. The lowest BCUT2D eigenvalue weighted by atomic mass is 10.0. The van der Waals surface area contributed by atoms with E-state index in [0.29, 0.717) is 48.2 Å². The number of carbonyl (C=O) groups excluding carboxylic acids is 3. The Morgan fingerprint density at radius 1 is 0.907 bits per heavy atom. The van der Waals surface area contributed by atoms with Gasteiger partial charge in [-0.3, -0.25) is 24.3 Å². The van der Waals surface area contributed by atoms with Gasteiger partial charge in [0.25, 0.3) is 11.8 Å². The first-order chi connectivity index (χ1) is 20.9. The molecule has 0 unspecified atom stereocenters. The van der Waals surface area contributed by atoms with Crippen molar-refractivity contribution >= 4 is 40.4 Å². The van der Waals surface area contributed by atoms with Crippen LogP contribution in [0.2, 0.25) is 0 Å². The Morgan fingerprint density at radius 3 is 2.37 bits per heavy atom. The zero-order valence-corrected chi connectivity index (χ0v) is 25.8. The number of pyridine rings is 1. The summed E-state index contributed by atoms with van der Waals surface area (Å²) in [7, 11) is 0. The van der Waals surface area contributed by atoms with Crippen LogP contribution in [0.15, 0.2) is 65.5 Å². The molecule has 3 amide bonds. The Morgan fingerprint density at radius 2 is 1.63 bits per heavy atom. The van der Waals surface area contributed by atoms with Crippen molar-refractivity contribution in [1.82, 2.24) is 35.8 Å². The van der Waals surface area contributed by atoms with E-state index in [2.05, 4.69) is 30.9 Å². The van der Waals surface area contributed by atoms with Crippen molar-refractivity contribution in [3.63, 3.8) is 0 Å². The second-order valence-electron chi connectivity index (χ2n) is 10.8. The lowest BCUT2D eigenvalue weighted by Crippen LogP contribution is -2.40. The van der Waals surface area contributed by atoms with E-state index in [4.69, 9.17) is 0 Å². The minimum absolute atomic E-state index is 0.0356. The van der Waals surface area contributed by atoms with E-state index in [1.165, 1.54) is 22.7 Å². The maximum Gasteiger partial charge on any atom is 0.271 e. The summed E-state index contributed by atoms with van der Waals surface area (Å²) in [6.45, 7) is 5.62. The van der Waals surface area contributed by atoms with Crippen LogP contribution in [0.4, 0.5) is 0 Å². The number of hydrogen-bond acceptors (Lipinski definition) is 9. The van der Waals surface area contributed by atoms with Crippen LogP contribution in [0.3, 0.4) is 0 Å². The van der Waals surface area contributed by atoms with Crippen LogP contribution in [0, 0.1) is 5.92 Å². The summed E-state index contributed by atoms with van der Waals surface area (Å²) in [5.41, 5.74) is 2.50. The molecule has 12 heteroatoms. The van der Waals surface area contributed by atoms with Gasteiger partial charge in [-0.2, -0.15) is 0 Å². The largest absolute Gasteiger partial charge is 0.351 e. The molecule has 10 nitrogen and oxygen atoms in total. The minimum Gasteiger partial charge on any atom is -0.351 e. The third-order valence-electron chi connectivity index (χ3n) is 7.06. The van der Waals surface area contributed by atoms with Gasteiger partial charge in [0.2, 0.25) is 5.91 Å². The number of benzene rings is 1. The number of nitrogens with one attached hydrogen (secondary N) is 3. The van der Waals surface area contributed by atoms with Crippen molar-refractivity contribution < 1.29 is 14.4 Å². The standard InChI is InChI=1S/C31H35N7O3S2/c1-20(2)27-31-36-24(18-43-31)28(40)33-13-8-14-38(16-22-11-6-7-12-32-22)17-26(39)34-23(15-21-9-4-3-5-10-21)30-35-25(19-42-30)29(41)37-27/h3-7,9-12,18-20,23,27H,8,13-17H2,1-2H3,(H,33,40)(H,34,39)(H,37,41)/t23-,27-/m0/s1. The molecule has 4 bridgehead atoms. The maximum absolute atomic E-state index is 13.5. The molecule has 0 saturated heterocycles. The maximum atomic E-state index is 13.5. The number of nitrogens with zero attached hydrogens (tertiary/aromatic N) is 4. The van der Waals surface area contributed by atoms with E-state index >= 15 is 0 Å². The van der Waals surface area contributed by atoms with Crippen molar-refractivity contribution in [3.05, 3.63) is 98.1 Å². The highest BCUT2D eigenvalue weighted by Crippen LogP contribution is 2.27. The number of hydrogen-bond donors (Lipinski definition) is 3. The zero-order valence-electron chi connectivity index (χ0n) is 24.2. The molecule has 224 valence electrons. The average molecular weight is 618 g/mol. The molecule has 3 N–H and O–H groups in total. The molecule has 0 fully saturated rings. The van der Waals surface area contributed by atoms with Gasteiger partial charge in [-0.15, -0.1) is 22.7 Å². The molecule has 0 saturated carbocycles. The fourth-order valence-corrected chi connectivity index (χ4v) is 6.71. The van der Waals surface area contributed by atoms with Gasteiger partial charge in [0, 0.05) is 36.6 Å². The summed E-state index contributed by atoms with van der Waals surface area (Å²) in [5.74, 6) is -0.717. The van der Waals surface area contributed by atoms with E-state index in [-0.39, 0.29) is 41.9 Å². The second-order valence-corrected chi connectivity index (χ2v) is 12.6. The van der Waals surface area contributed by atoms with Crippen LogP contribution >= 0.6 is 22.7 Å². The van der Waals surface area contributed by atoms with Crippen LogP contribution in [-0.2, 0) is 17.8 Å². The molecular weight excluding hydrogens is 583 g/mol. The fourth-order valence-electron chi connectivity index (χ4n) is 4.84. The molecule has 3 aromatic heterocycles. The fraction of sp³-hybridized carbons (Fsp3) is 0.355. The average Bonchev–Trinajstić information content (AvgIpc) is 3.69. The molecule has 1 aromatic carbocycles. The summed E-state index contributed by atoms with van der Waals surface area (Å²) in [6, 6.07) is 14.8. The van der Waals surface area contributed by atoms with E-state index < -0.39 is 6.04 Å². The first kappa shape index (κ1) is 30.5. The number of fused-ring (bicyclic) bond motifs is 4. The molecular formula is C31H35N7O3S2. The Labute approximate surface area is 259 Å². The molecule has 43 heavy (non-hydrogen) atoms. The first-order valence-corrected chi connectivity index (χ1v) is 16.1. The molecule has 2 atom stereocenters. The molecule has 0 aliphatic carbocycles. The zero-order chi connectivity index (χ0) is 30.2. The molecule has 1 aliphatic rings. The normalized spacial score (nSPS) is 19.1. The van der Waals surface area contributed by atoms with Crippen molar-refractivity contribution in [2.45, 2.75) is 45.3 Å². The van der Waals surface area contributed by atoms with E-state index in [1.807, 2.05) is 67.3 Å². The van der Waals surface area contributed by atoms with Crippen molar-refractivity contribution in [1.29, 1.82) is 0 Å². The third-order valence-corrected chi connectivity index (χ3v) is 8.95. The monoisotopic (exact) mass is 617 g/mol. The molecule has 0 spiro atoms. The van der Waals surface area contributed by atoms with Crippen molar-refractivity contribution in [3.8, 4) is 0 Å². The van der Waals surface area contributed by atoms with Gasteiger partial charge >= 0.3 is 0 Å². The van der Waals surface area contributed by atoms with Crippen LogP contribution in [0.25, 0.3) is 0 Å². The van der Waals surface area contributed by atoms with Crippen molar-refractivity contribution in [2.24, 2.45) is 5.92 Å². The van der Waals surface area contributed by atoms with E-state index in [1.54, 1.807) is 17.0 Å². The van der Waals surface area contributed by atoms with Crippen molar-refractivity contribution in [2.75, 3.05) is 19.6 Å². The van der Waals surface area contributed by atoms with Crippen LogP contribution in [-0.4, -0.2) is 57.2 Å². The van der Waals surface area contributed by atoms with Gasteiger partial charge in [-0.1, -0.05) is 50.2 Å². The highest BCUT2D eigenvalue weighted by molar-refractivity contribution is 7.10. The summed E-state index contributed by atoms with van der Waals surface area (Å²) in [4.78, 5) is 55.4. The third kappa shape index (κ3) is 8.31. The first-order valence-electron chi connectivity index (χ1n) is 14.3. The van der Waals surface area contributed by atoms with E-state index in [9.17, 15) is 14.4 Å². The highest BCUT2D eigenvalue weighted by Gasteiger charge is 2.27. The predicted octanol–water partition coefficient (Wildman–Crippen LogP) is 4.16. The van der Waals surface area contributed by atoms with E-state index in [0.717, 1.165) is 11.3 Å². The van der Waals surface area contributed by atoms with Crippen LogP contribution in [0.5, 0.6) is 0 Å². The number of aromatic nitrogens is 3. The van der Waals surface area contributed by atoms with Gasteiger partial charge in [-0.05, 0) is 36.5 Å². The number of thiazole rings is 2. The molecule has 4 heterocycles. The van der Waals surface area contributed by atoms with Gasteiger partial charge < -0.3 is 16.0 Å². The Bertz CT molecular complexity index is 1520. The summed E-state index contributed by atoms with van der Waals surface area (Å²) < 4.78 is 0. The molecule has 0 radical (unpaired) electrons. The molecule has 1 aliphatic heterocycles. The van der Waals surface area contributed by atoms with Gasteiger partial charge in [0.05, 0.1) is 24.3 Å². The number of carbonyl (C=O) groups is 3. The molecule has 4 aromatic rings. The predicted molar refractivity (Wildman–Crippen MR) is 167 cm³/mol. The number of amides is 3. The summed E-state index contributed by atoms with van der Waals surface area (Å²) >= 11 is 2.71. The number of rotatable bonds is 5. The Hall–Kier alpha value is -4.00.